The van der Waals surface area contributed by atoms with E-state index >= 15 is 0 Å². The zero-order valence-electron chi connectivity index (χ0n) is 14.3. The molecule has 0 spiro atoms. The molecule has 1 atom stereocenters. The van der Waals surface area contributed by atoms with Gasteiger partial charge >= 0.3 is 0 Å². The van der Waals surface area contributed by atoms with Crippen molar-refractivity contribution in [1.29, 1.82) is 0 Å². The number of aryl methyl sites for hydroxylation is 3. The predicted octanol–water partition coefficient (Wildman–Crippen LogP) is 4.14. The third kappa shape index (κ3) is 4.82. The Labute approximate surface area is 130 Å². The van der Waals surface area contributed by atoms with Crippen molar-refractivity contribution >= 4 is 0 Å². The molecule has 1 heterocycles. The molecule has 1 aromatic rings. The third-order valence-corrected chi connectivity index (χ3v) is 4.93. The van der Waals surface area contributed by atoms with E-state index in [1.807, 2.05) is 0 Å². The Kier molecular flexibility index (Phi) is 6.25. The summed E-state index contributed by atoms with van der Waals surface area (Å²) in [5, 5.41) is 3.71. The standard InChI is InChI=1S/C19H32N2/c1-15-13-17(3)19(14-16(15)2)18(4)20-9-12-21-10-7-5-6-8-11-21/h13-14,18,20H,5-12H2,1-4H3. The summed E-state index contributed by atoms with van der Waals surface area (Å²) in [6, 6.07) is 5.11. The monoisotopic (exact) mass is 288 g/mol. The lowest BCUT2D eigenvalue weighted by Crippen LogP contribution is -2.34. The fourth-order valence-corrected chi connectivity index (χ4v) is 3.36. The van der Waals surface area contributed by atoms with Crippen molar-refractivity contribution < 1.29 is 0 Å². The number of nitrogens with zero attached hydrogens (tertiary/aromatic N) is 1. The quantitative estimate of drug-likeness (QED) is 0.876. The summed E-state index contributed by atoms with van der Waals surface area (Å²) in [7, 11) is 0. The second-order valence-corrected chi connectivity index (χ2v) is 6.72. The molecule has 2 nitrogen and oxygen atoms in total. The molecule has 0 amide bonds. The van der Waals surface area contributed by atoms with Gasteiger partial charge < -0.3 is 10.2 Å². The van der Waals surface area contributed by atoms with Crippen molar-refractivity contribution in [3.05, 3.63) is 34.4 Å². The first-order valence-corrected chi connectivity index (χ1v) is 8.61. The van der Waals surface area contributed by atoms with Crippen molar-refractivity contribution in [2.24, 2.45) is 0 Å². The number of likely N-dealkylation sites (tertiary alicyclic amines) is 1. The lowest BCUT2D eigenvalue weighted by molar-refractivity contribution is 0.280. The molecule has 1 saturated heterocycles. The largest absolute Gasteiger partial charge is 0.309 e. The summed E-state index contributed by atoms with van der Waals surface area (Å²) in [5.74, 6) is 0. The van der Waals surface area contributed by atoms with Crippen LogP contribution in [0.2, 0.25) is 0 Å². The van der Waals surface area contributed by atoms with Crippen molar-refractivity contribution in [2.45, 2.75) is 59.4 Å². The maximum absolute atomic E-state index is 3.71. The van der Waals surface area contributed by atoms with Crippen molar-refractivity contribution in [3.63, 3.8) is 0 Å². The number of rotatable bonds is 5. The molecule has 2 rings (SSSR count). The van der Waals surface area contributed by atoms with Crippen molar-refractivity contribution in [3.8, 4) is 0 Å². The summed E-state index contributed by atoms with van der Waals surface area (Å²) < 4.78 is 0. The molecule has 1 fully saturated rings. The van der Waals surface area contributed by atoms with Gasteiger partial charge in [0, 0.05) is 19.1 Å². The van der Waals surface area contributed by atoms with E-state index in [1.165, 1.54) is 67.6 Å². The predicted molar refractivity (Wildman–Crippen MR) is 92.0 cm³/mol. The highest BCUT2D eigenvalue weighted by Crippen LogP contribution is 2.21. The third-order valence-electron chi connectivity index (χ3n) is 4.93. The lowest BCUT2D eigenvalue weighted by Gasteiger charge is -2.23. The first kappa shape index (κ1) is 16.5. The van der Waals surface area contributed by atoms with E-state index in [4.69, 9.17) is 0 Å². The lowest BCUT2D eigenvalue weighted by atomic mass is 9.96. The van der Waals surface area contributed by atoms with E-state index in [0.29, 0.717) is 6.04 Å². The molecule has 0 saturated carbocycles. The van der Waals surface area contributed by atoms with Crippen LogP contribution in [0.25, 0.3) is 0 Å². The maximum Gasteiger partial charge on any atom is 0.0295 e. The van der Waals surface area contributed by atoms with Crippen LogP contribution >= 0.6 is 0 Å². The van der Waals surface area contributed by atoms with E-state index in [1.54, 1.807) is 0 Å². The zero-order chi connectivity index (χ0) is 15.2. The number of benzene rings is 1. The van der Waals surface area contributed by atoms with Gasteiger partial charge in [0.2, 0.25) is 0 Å². The summed E-state index contributed by atoms with van der Waals surface area (Å²) in [4.78, 5) is 2.62. The molecular formula is C19H32N2. The Hall–Kier alpha value is -0.860. The average molecular weight is 288 g/mol. The molecule has 0 aromatic heterocycles. The molecule has 0 aliphatic carbocycles. The van der Waals surface area contributed by atoms with Gasteiger partial charge in [0.05, 0.1) is 0 Å². The molecule has 118 valence electrons. The summed E-state index contributed by atoms with van der Waals surface area (Å²) in [6.07, 6.45) is 5.60. The normalized spacial score (nSPS) is 18.5. The van der Waals surface area contributed by atoms with Crippen LogP contribution in [0.5, 0.6) is 0 Å². The van der Waals surface area contributed by atoms with Crippen molar-refractivity contribution in [2.75, 3.05) is 26.2 Å². The molecule has 0 bridgehead atoms. The topological polar surface area (TPSA) is 15.3 Å². The Morgan fingerprint density at radius 1 is 0.952 bits per heavy atom. The van der Waals surface area contributed by atoms with Crippen LogP contribution in [0.1, 0.15) is 60.9 Å². The van der Waals surface area contributed by atoms with Gasteiger partial charge in [-0.15, -0.1) is 0 Å². The van der Waals surface area contributed by atoms with Gasteiger partial charge in [-0.2, -0.15) is 0 Å². The smallest absolute Gasteiger partial charge is 0.0295 e. The van der Waals surface area contributed by atoms with Crippen LogP contribution in [-0.4, -0.2) is 31.1 Å². The summed E-state index contributed by atoms with van der Waals surface area (Å²) >= 11 is 0. The van der Waals surface area contributed by atoms with Gasteiger partial charge in [-0.25, -0.2) is 0 Å². The fourth-order valence-electron chi connectivity index (χ4n) is 3.36. The molecule has 21 heavy (non-hydrogen) atoms. The van der Waals surface area contributed by atoms with E-state index in [0.717, 1.165) is 6.54 Å². The Morgan fingerprint density at radius 2 is 1.57 bits per heavy atom. The van der Waals surface area contributed by atoms with E-state index in [2.05, 4.69) is 50.0 Å². The molecule has 1 unspecified atom stereocenters. The van der Waals surface area contributed by atoms with Crippen LogP contribution in [0.15, 0.2) is 12.1 Å². The highest BCUT2D eigenvalue weighted by Gasteiger charge is 2.11. The summed E-state index contributed by atoms with van der Waals surface area (Å²) in [5.41, 5.74) is 5.66. The molecule has 1 aliphatic rings. The zero-order valence-corrected chi connectivity index (χ0v) is 14.3. The van der Waals surface area contributed by atoms with Crippen LogP contribution in [-0.2, 0) is 0 Å². The van der Waals surface area contributed by atoms with Gasteiger partial charge in [-0.05, 0) is 75.9 Å². The van der Waals surface area contributed by atoms with Gasteiger partial charge in [-0.3, -0.25) is 0 Å². The first-order valence-electron chi connectivity index (χ1n) is 8.61. The summed E-state index contributed by atoms with van der Waals surface area (Å²) in [6.45, 7) is 13.8. The Balaban J connectivity index is 1.84. The number of nitrogens with one attached hydrogen (secondary N) is 1. The SMILES string of the molecule is Cc1cc(C)c(C(C)NCCN2CCCCCC2)cc1C. The number of hydrogen-bond acceptors (Lipinski definition) is 2. The molecule has 2 heteroatoms. The van der Waals surface area contributed by atoms with Gasteiger partial charge in [0.1, 0.15) is 0 Å². The van der Waals surface area contributed by atoms with Crippen LogP contribution in [0.3, 0.4) is 0 Å². The van der Waals surface area contributed by atoms with E-state index in [-0.39, 0.29) is 0 Å². The Bertz CT molecular complexity index is 445. The fraction of sp³-hybridized carbons (Fsp3) is 0.684. The highest BCUT2D eigenvalue weighted by atomic mass is 15.1. The minimum Gasteiger partial charge on any atom is -0.309 e. The second-order valence-electron chi connectivity index (χ2n) is 6.72. The average Bonchev–Trinajstić information content (AvgIpc) is 2.71. The van der Waals surface area contributed by atoms with Crippen LogP contribution in [0.4, 0.5) is 0 Å². The minimum atomic E-state index is 0.441. The van der Waals surface area contributed by atoms with Gasteiger partial charge in [0.25, 0.3) is 0 Å². The molecule has 1 aliphatic heterocycles. The Morgan fingerprint density at radius 3 is 2.24 bits per heavy atom. The van der Waals surface area contributed by atoms with Crippen LogP contribution in [0, 0.1) is 20.8 Å². The van der Waals surface area contributed by atoms with Gasteiger partial charge in [-0.1, -0.05) is 25.0 Å². The first-order chi connectivity index (χ1) is 10.1. The molecule has 1 aromatic carbocycles. The molecular weight excluding hydrogens is 256 g/mol. The minimum absolute atomic E-state index is 0.441. The van der Waals surface area contributed by atoms with E-state index < -0.39 is 0 Å². The molecule has 1 N–H and O–H groups in total. The molecule has 0 radical (unpaired) electrons. The highest BCUT2D eigenvalue weighted by molar-refractivity contribution is 5.37. The second kappa shape index (κ2) is 7.95. The van der Waals surface area contributed by atoms with Gasteiger partial charge in [0.15, 0.2) is 0 Å². The maximum atomic E-state index is 3.71. The number of hydrogen-bond donors (Lipinski definition) is 1. The van der Waals surface area contributed by atoms with Crippen molar-refractivity contribution in [1.82, 2.24) is 10.2 Å². The van der Waals surface area contributed by atoms with Crippen LogP contribution < -0.4 is 5.32 Å². The van der Waals surface area contributed by atoms with E-state index in [9.17, 15) is 0 Å².